The Hall–Kier alpha value is -2.41. The van der Waals surface area contributed by atoms with Crippen LogP contribution in [0.1, 0.15) is 57.3 Å². The first kappa shape index (κ1) is 17.0. The minimum atomic E-state index is -0.502. The Morgan fingerprint density at radius 3 is 2.73 bits per heavy atom. The Kier molecular flexibility index (Phi) is 3.99. The van der Waals surface area contributed by atoms with E-state index in [0.717, 1.165) is 61.4 Å². The van der Waals surface area contributed by atoms with E-state index in [0.29, 0.717) is 5.49 Å². The number of fused-ring (bicyclic) bond motifs is 2. The number of hydrogen-bond donors (Lipinski definition) is 4. The predicted octanol–water partition coefficient (Wildman–Crippen LogP) is 2.42. The van der Waals surface area contributed by atoms with Crippen molar-refractivity contribution >= 4 is 11.5 Å². The van der Waals surface area contributed by atoms with E-state index in [4.69, 9.17) is 5.41 Å². The van der Waals surface area contributed by atoms with Gasteiger partial charge in [0.05, 0.1) is 11.3 Å². The molecule has 2 aliphatic rings. The molecule has 0 saturated heterocycles. The summed E-state index contributed by atoms with van der Waals surface area (Å²) in [4.78, 5) is 0. The number of aromatic nitrogens is 4. The lowest BCUT2D eigenvalue weighted by Gasteiger charge is -2.28. The lowest BCUT2D eigenvalue weighted by molar-refractivity contribution is 0.0521. The number of H-pyrrole nitrogens is 1. The molecular weight excluding hydrogens is 328 g/mol. The van der Waals surface area contributed by atoms with Crippen LogP contribution in [-0.2, 0) is 6.42 Å². The van der Waals surface area contributed by atoms with Crippen LogP contribution in [0.15, 0.2) is 24.3 Å². The molecule has 0 radical (unpaired) electrons. The highest BCUT2D eigenvalue weighted by molar-refractivity contribution is 5.62. The van der Waals surface area contributed by atoms with Crippen LogP contribution in [0.5, 0.6) is 0 Å². The summed E-state index contributed by atoms with van der Waals surface area (Å²) in [6, 6.07) is 5.59. The van der Waals surface area contributed by atoms with Crippen molar-refractivity contribution in [2.24, 2.45) is 0 Å². The van der Waals surface area contributed by atoms with Gasteiger partial charge >= 0.3 is 0 Å². The fourth-order valence-electron chi connectivity index (χ4n) is 4.34. The standard InChI is InChI=1S/C19H26N6O/c1-3-13-11-14(23-22-13)15(4-2)25-16(20)5-6-17(24-25)21-18-7-9-19(26,12-18)10-8-18/h4-6,11,20,26H,3,7-10,12H2,1-2H3,(H,21,24)(H,22,23)/b15-4-,20-16?. The Morgan fingerprint density at radius 2 is 2.15 bits per heavy atom. The molecule has 2 heterocycles. The molecule has 2 bridgehead atoms. The highest BCUT2D eigenvalue weighted by Gasteiger charge is 2.53. The molecule has 2 aromatic heterocycles. The number of nitrogens with zero attached hydrogens (tertiary/aromatic N) is 3. The lowest BCUT2D eigenvalue weighted by atomic mass is 9.93. The smallest absolute Gasteiger partial charge is 0.147 e. The molecule has 7 nitrogen and oxygen atoms in total. The fourth-order valence-corrected chi connectivity index (χ4v) is 4.34. The van der Waals surface area contributed by atoms with Gasteiger partial charge in [-0.2, -0.15) is 5.10 Å². The molecule has 0 aromatic carbocycles. The van der Waals surface area contributed by atoms with Crippen LogP contribution in [0.25, 0.3) is 5.70 Å². The van der Waals surface area contributed by atoms with Gasteiger partial charge in [0.2, 0.25) is 0 Å². The van der Waals surface area contributed by atoms with Gasteiger partial charge in [-0.15, -0.1) is 5.10 Å². The molecule has 4 rings (SSSR count). The third-order valence-corrected chi connectivity index (χ3v) is 5.81. The maximum atomic E-state index is 10.5. The summed E-state index contributed by atoms with van der Waals surface area (Å²) in [5.41, 5.74) is 2.34. The quantitative estimate of drug-likeness (QED) is 0.662. The molecule has 26 heavy (non-hydrogen) atoms. The van der Waals surface area contributed by atoms with Gasteiger partial charge in [-0.05, 0) is 63.6 Å². The maximum absolute atomic E-state index is 10.5. The first-order valence-electron chi connectivity index (χ1n) is 9.33. The van der Waals surface area contributed by atoms with Crippen molar-refractivity contribution in [3.8, 4) is 0 Å². The minimum Gasteiger partial charge on any atom is -0.390 e. The fraction of sp³-hybridized carbons (Fsp3) is 0.526. The summed E-state index contributed by atoms with van der Waals surface area (Å²) in [6.45, 7) is 4.00. The SMILES string of the molecule is C/C=C(/c1cc(CC)[nH]n1)n1nc(NC23CCC(O)(CC2)C3)ccc1=N. The first-order valence-corrected chi connectivity index (χ1v) is 9.33. The van der Waals surface area contributed by atoms with E-state index in [1.54, 1.807) is 10.7 Å². The van der Waals surface area contributed by atoms with Crippen molar-refractivity contribution < 1.29 is 5.11 Å². The number of rotatable bonds is 5. The van der Waals surface area contributed by atoms with E-state index >= 15 is 0 Å². The normalized spacial score (nSPS) is 27.9. The molecule has 2 saturated carbocycles. The van der Waals surface area contributed by atoms with Gasteiger partial charge in [0, 0.05) is 11.2 Å². The molecular formula is C19H26N6O. The van der Waals surface area contributed by atoms with Crippen LogP contribution >= 0.6 is 0 Å². The number of allylic oxidation sites excluding steroid dienone is 1. The Bertz CT molecular complexity index is 901. The number of nitrogens with one attached hydrogen (secondary N) is 3. The molecule has 0 amide bonds. The van der Waals surface area contributed by atoms with E-state index in [9.17, 15) is 5.11 Å². The minimum absolute atomic E-state index is 0.0685. The zero-order valence-corrected chi connectivity index (χ0v) is 15.3. The molecule has 0 aliphatic heterocycles. The van der Waals surface area contributed by atoms with E-state index in [1.807, 2.05) is 25.1 Å². The molecule has 0 unspecified atom stereocenters. The van der Waals surface area contributed by atoms with Crippen LogP contribution in [0.3, 0.4) is 0 Å². The number of aliphatic hydroxyl groups is 1. The maximum Gasteiger partial charge on any atom is 0.147 e. The number of aryl methyl sites for hydroxylation is 1. The third-order valence-electron chi connectivity index (χ3n) is 5.81. The topological polar surface area (TPSA) is 103 Å². The van der Waals surface area contributed by atoms with Crippen molar-refractivity contribution in [2.45, 2.75) is 63.5 Å². The van der Waals surface area contributed by atoms with Crippen molar-refractivity contribution in [3.05, 3.63) is 41.2 Å². The summed E-state index contributed by atoms with van der Waals surface area (Å²) in [7, 11) is 0. The van der Waals surface area contributed by atoms with Crippen molar-refractivity contribution in [3.63, 3.8) is 0 Å². The van der Waals surface area contributed by atoms with Crippen molar-refractivity contribution in [1.29, 1.82) is 5.41 Å². The predicted molar refractivity (Wildman–Crippen MR) is 99.5 cm³/mol. The first-order chi connectivity index (χ1) is 12.5. The molecule has 7 heteroatoms. The summed E-state index contributed by atoms with van der Waals surface area (Å²) in [6.07, 6.45) is 7.20. The van der Waals surface area contributed by atoms with Crippen LogP contribution in [0.4, 0.5) is 5.82 Å². The van der Waals surface area contributed by atoms with E-state index < -0.39 is 5.60 Å². The van der Waals surface area contributed by atoms with Crippen LogP contribution in [-0.4, -0.2) is 36.2 Å². The largest absolute Gasteiger partial charge is 0.390 e. The second kappa shape index (κ2) is 6.09. The van der Waals surface area contributed by atoms with Gasteiger partial charge in [-0.25, -0.2) is 4.68 Å². The summed E-state index contributed by atoms with van der Waals surface area (Å²) < 4.78 is 1.62. The molecule has 0 atom stereocenters. The average molecular weight is 354 g/mol. The van der Waals surface area contributed by atoms with Crippen molar-refractivity contribution in [2.75, 3.05) is 5.32 Å². The molecule has 2 aliphatic carbocycles. The monoisotopic (exact) mass is 354 g/mol. The Balaban J connectivity index is 1.65. The van der Waals surface area contributed by atoms with Gasteiger partial charge in [-0.1, -0.05) is 13.0 Å². The molecule has 2 aromatic rings. The lowest BCUT2D eigenvalue weighted by Crippen LogP contribution is -2.34. The zero-order valence-electron chi connectivity index (χ0n) is 15.3. The highest BCUT2D eigenvalue weighted by atomic mass is 16.3. The molecule has 0 spiro atoms. The van der Waals surface area contributed by atoms with E-state index in [-0.39, 0.29) is 5.54 Å². The van der Waals surface area contributed by atoms with Gasteiger partial charge in [0.25, 0.3) is 0 Å². The zero-order chi connectivity index (χ0) is 18.4. The van der Waals surface area contributed by atoms with Gasteiger partial charge in [0.15, 0.2) is 0 Å². The van der Waals surface area contributed by atoms with Crippen LogP contribution < -0.4 is 10.8 Å². The third kappa shape index (κ3) is 2.86. The van der Waals surface area contributed by atoms with Crippen molar-refractivity contribution in [1.82, 2.24) is 20.0 Å². The van der Waals surface area contributed by atoms with Gasteiger partial charge in [-0.3, -0.25) is 10.5 Å². The van der Waals surface area contributed by atoms with Crippen LogP contribution in [0.2, 0.25) is 0 Å². The van der Waals surface area contributed by atoms with Gasteiger partial charge in [0.1, 0.15) is 17.0 Å². The second-order valence-electron chi connectivity index (χ2n) is 7.63. The molecule has 2 fully saturated rings. The summed E-state index contributed by atoms with van der Waals surface area (Å²) in [5, 5.41) is 34.3. The highest BCUT2D eigenvalue weighted by Crippen LogP contribution is 2.51. The number of anilines is 1. The van der Waals surface area contributed by atoms with Gasteiger partial charge < -0.3 is 10.4 Å². The summed E-state index contributed by atoms with van der Waals surface area (Å²) >= 11 is 0. The van der Waals surface area contributed by atoms with E-state index in [1.165, 1.54) is 0 Å². The average Bonchev–Trinajstić information content (AvgIpc) is 3.31. The van der Waals surface area contributed by atoms with E-state index in [2.05, 4.69) is 27.5 Å². The Labute approximate surface area is 152 Å². The number of hydrogen-bond acceptors (Lipinski definition) is 5. The number of aromatic amines is 1. The molecule has 4 N–H and O–H groups in total. The van der Waals surface area contributed by atoms with Crippen LogP contribution in [0, 0.1) is 5.41 Å². The Morgan fingerprint density at radius 1 is 1.38 bits per heavy atom. The summed E-state index contributed by atoms with van der Waals surface area (Å²) in [5.74, 6) is 0.734. The molecule has 138 valence electrons. The second-order valence-corrected chi connectivity index (χ2v) is 7.63.